The van der Waals surface area contributed by atoms with Gasteiger partial charge in [-0.05, 0) is 24.6 Å². The van der Waals surface area contributed by atoms with Crippen LogP contribution in [0.1, 0.15) is 51.0 Å². The minimum Gasteiger partial charge on any atom is -0.443 e. The maximum atomic E-state index is 6.20. The molecular weight excluding hydrogens is 347 g/mol. The van der Waals surface area contributed by atoms with Gasteiger partial charge < -0.3 is 15.5 Å². The zero-order valence-electron chi connectivity index (χ0n) is 14.2. The Hall–Kier alpha value is -1.72. The molecule has 0 saturated carbocycles. The van der Waals surface area contributed by atoms with Crippen LogP contribution in [-0.4, -0.2) is 10.9 Å². The Morgan fingerprint density at radius 2 is 2.08 bits per heavy atom. The smallest absolute Gasteiger partial charge is 0.216 e. The number of guanidine groups is 1. The molecule has 0 saturated heterocycles. The second kappa shape index (κ2) is 7.45. The maximum Gasteiger partial charge on any atom is 0.216 e. The van der Waals surface area contributed by atoms with Gasteiger partial charge in [0.2, 0.25) is 5.89 Å². The van der Waals surface area contributed by atoms with Gasteiger partial charge in [0.05, 0.1) is 12.2 Å². The first-order valence-corrected chi connectivity index (χ1v) is 8.39. The molecule has 0 radical (unpaired) electrons. The predicted octanol–water partition coefficient (Wildman–Crippen LogP) is 4.44. The Morgan fingerprint density at radius 3 is 2.67 bits per heavy atom. The lowest BCUT2D eigenvalue weighted by Crippen LogP contribution is -2.34. The molecule has 2 aromatic rings. The quantitative estimate of drug-likeness (QED) is 0.617. The fourth-order valence-corrected chi connectivity index (χ4v) is 2.65. The zero-order valence-corrected chi connectivity index (χ0v) is 15.7. The summed E-state index contributed by atoms with van der Waals surface area (Å²) in [6, 6.07) is 5.24. The molecular formula is C17H22Cl2N4O. The van der Waals surface area contributed by atoms with Crippen molar-refractivity contribution < 1.29 is 4.42 Å². The van der Waals surface area contributed by atoms with Crippen LogP contribution in [0, 0.1) is 0 Å². The molecule has 1 aromatic carbocycles. The summed E-state index contributed by atoms with van der Waals surface area (Å²) >= 11 is 12.1. The monoisotopic (exact) mass is 368 g/mol. The minimum atomic E-state index is -0.104. The number of nitrogens with one attached hydrogen (secondary N) is 1. The number of hydrogen-bond donors (Lipinski definition) is 2. The van der Waals surface area contributed by atoms with Gasteiger partial charge in [0.1, 0.15) is 12.3 Å². The Labute approximate surface area is 152 Å². The molecule has 7 heteroatoms. The molecule has 0 fully saturated rings. The normalized spacial score (nSPS) is 13.8. The molecule has 5 nitrogen and oxygen atoms in total. The molecule has 24 heavy (non-hydrogen) atoms. The van der Waals surface area contributed by atoms with Crippen molar-refractivity contribution in [1.82, 2.24) is 10.3 Å². The Bertz CT molecular complexity index is 734. The van der Waals surface area contributed by atoms with Crippen LogP contribution in [0.25, 0.3) is 0 Å². The summed E-state index contributed by atoms with van der Waals surface area (Å²) in [5.74, 6) is 1.64. The first-order chi connectivity index (χ1) is 11.2. The summed E-state index contributed by atoms with van der Waals surface area (Å²) in [5.41, 5.74) is 6.74. The van der Waals surface area contributed by atoms with Crippen LogP contribution in [0.15, 0.2) is 33.8 Å². The van der Waals surface area contributed by atoms with Gasteiger partial charge in [-0.15, -0.1) is 0 Å². The van der Waals surface area contributed by atoms with Crippen molar-refractivity contribution >= 4 is 29.2 Å². The van der Waals surface area contributed by atoms with E-state index in [9.17, 15) is 0 Å². The van der Waals surface area contributed by atoms with Crippen LogP contribution < -0.4 is 11.1 Å². The average molecular weight is 369 g/mol. The van der Waals surface area contributed by atoms with Crippen molar-refractivity contribution in [2.45, 2.75) is 45.7 Å². The number of nitrogens with zero attached hydrogens (tertiary/aromatic N) is 2. The van der Waals surface area contributed by atoms with Crippen LogP contribution in [0.4, 0.5) is 0 Å². The molecule has 2 rings (SSSR count). The van der Waals surface area contributed by atoms with Gasteiger partial charge in [0, 0.05) is 15.5 Å². The number of aromatic nitrogens is 1. The summed E-state index contributed by atoms with van der Waals surface area (Å²) in [6.45, 7) is 8.41. The molecule has 0 aliphatic carbocycles. The van der Waals surface area contributed by atoms with Crippen LogP contribution >= 0.6 is 23.2 Å². The SMILES string of the molecule is CC(NC(N)=NCc1ncc(C(C)(C)C)o1)c1ccc(Cl)cc1Cl. The van der Waals surface area contributed by atoms with E-state index in [1.165, 1.54) is 0 Å². The maximum absolute atomic E-state index is 6.20. The number of nitrogens with two attached hydrogens (primary N) is 1. The highest BCUT2D eigenvalue weighted by Gasteiger charge is 2.19. The number of benzene rings is 1. The van der Waals surface area contributed by atoms with Crippen molar-refractivity contribution in [1.29, 1.82) is 0 Å². The van der Waals surface area contributed by atoms with Crippen molar-refractivity contribution in [3.05, 3.63) is 51.7 Å². The highest BCUT2D eigenvalue weighted by Crippen LogP contribution is 2.26. The van der Waals surface area contributed by atoms with E-state index < -0.39 is 0 Å². The van der Waals surface area contributed by atoms with E-state index in [0.717, 1.165) is 11.3 Å². The summed E-state index contributed by atoms with van der Waals surface area (Å²) in [6.07, 6.45) is 1.73. The summed E-state index contributed by atoms with van der Waals surface area (Å²) < 4.78 is 5.68. The van der Waals surface area contributed by atoms with Crippen LogP contribution in [0.5, 0.6) is 0 Å². The average Bonchev–Trinajstić information content (AvgIpc) is 2.93. The Kier molecular flexibility index (Phi) is 5.78. The lowest BCUT2D eigenvalue weighted by molar-refractivity contribution is 0.383. The van der Waals surface area contributed by atoms with E-state index in [1.54, 1.807) is 18.3 Å². The van der Waals surface area contributed by atoms with Crippen molar-refractivity contribution in [2.24, 2.45) is 10.7 Å². The van der Waals surface area contributed by atoms with Gasteiger partial charge in [-0.2, -0.15) is 0 Å². The molecule has 1 atom stereocenters. The lowest BCUT2D eigenvalue weighted by Gasteiger charge is -2.16. The minimum absolute atomic E-state index is 0.0847. The lowest BCUT2D eigenvalue weighted by atomic mass is 9.94. The first kappa shape index (κ1) is 18.6. The van der Waals surface area contributed by atoms with Crippen molar-refractivity contribution in [3.8, 4) is 0 Å². The Balaban J connectivity index is 1.99. The molecule has 0 spiro atoms. The van der Waals surface area contributed by atoms with Gasteiger partial charge in [-0.3, -0.25) is 0 Å². The third kappa shape index (κ3) is 4.89. The van der Waals surface area contributed by atoms with Gasteiger partial charge in [-0.1, -0.05) is 50.0 Å². The van der Waals surface area contributed by atoms with Gasteiger partial charge in [0.15, 0.2) is 5.96 Å². The molecule has 1 heterocycles. The van der Waals surface area contributed by atoms with Gasteiger partial charge >= 0.3 is 0 Å². The molecule has 0 amide bonds. The van der Waals surface area contributed by atoms with E-state index in [2.05, 4.69) is 36.1 Å². The molecule has 130 valence electrons. The third-order valence-electron chi connectivity index (χ3n) is 3.47. The fourth-order valence-electron chi connectivity index (χ4n) is 2.08. The predicted molar refractivity (Wildman–Crippen MR) is 98.5 cm³/mol. The molecule has 0 aliphatic rings. The molecule has 0 aliphatic heterocycles. The number of oxazole rings is 1. The highest BCUT2D eigenvalue weighted by molar-refractivity contribution is 6.35. The van der Waals surface area contributed by atoms with Gasteiger partial charge in [0.25, 0.3) is 0 Å². The summed E-state index contributed by atoms with van der Waals surface area (Å²) in [5, 5.41) is 4.27. The topological polar surface area (TPSA) is 76.4 Å². The fraction of sp³-hybridized carbons (Fsp3) is 0.412. The molecule has 0 bridgehead atoms. The Morgan fingerprint density at radius 1 is 1.38 bits per heavy atom. The van der Waals surface area contributed by atoms with E-state index in [4.69, 9.17) is 33.4 Å². The number of halogens is 2. The number of rotatable bonds is 4. The highest BCUT2D eigenvalue weighted by atomic mass is 35.5. The van der Waals surface area contributed by atoms with E-state index >= 15 is 0 Å². The summed E-state index contributed by atoms with van der Waals surface area (Å²) in [7, 11) is 0. The van der Waals surface area contributed by atoms with E-state index in [0.29, 0.717) is 21.9 Å². The number of hydrogen-bond acceptors (Lipinski definition) is 3. The second-order valence-corrected chi connectivity index (χ2v) is 7.45. The summed E-state index contributed by atoms with van der Waals surface area (Å²) in [4.78, 5) is 8.48. The largest absolute Gasteiger partial charge is 0.443 e. The van der Waals surface area contributed by atoms with E-state index in [1.807, 2.05) is 13.0 Å². The van der Waals surface area contributed by atoms with Crippen LogP contribution in [0.3, 0.4) is 0 Å². The van der Waals surface area contributed by atoms with Crippen molar-refractivity contribution in [2.75, 3.05) is 0 Å². The van der Waals surface area contributed by atoms with Gasteiger partial charge in [-0.25, -0.2) is 9.98 Å². The standard InChI is InChI=1S/C17H22Cl2N4O/c1-10(12-6-5-11(18)7-13(12)19)23-16(20)22-9-15-21-8-14(24-15)17(2,3)4/h5-8,10H,9H2,1-4H3,(H3,20,22,23). The zero-order chi connectivity index (χ0) is 17.9. The second-order valence-electron chi connectivity index (χ2n) is 6.60. The molecule has 3 N–H and O–H groups in total. The molecule has 1 unspecified atom stereocenters. The van der Waals surface area contributed by atoms with Crippen molar-refractivity contribution in [3.63, 3.8) is 0 Å². The number of aliphatic imine (C=N–C) groups is 1. The van der Waals surface area contributed by atoms with E-state index in [-0.39, 0.29) is 18.0 Å². The first-order valence-electron chi connectivity index (χ1n) is 7.63. The molecule has 1 aromatic heterocycles. The van der Waals surface area contributed by atoms with Crippen LogP contribution in [0.2, 0.25) is 10.0 Å². The van der Waals surface area contributed by atoms with Crippen LogP contribution in [-0.2, 0) is 12.0 Å². The third-order valence-corrected chi connectivity index (χ3v) is 4.03.